The number of hydrogen-bond acceptors (Lipinski definition) is 7. The number of anilines is 1. The monoisotopic (exact) mass is 399 g/mol. The van der Waals surface area contributed by atoms with Crippen LogP contribution in [0.15, 0.2) is 52.1 Å². The molecule has 3 aromatic rings. The molecule has 0 aliphatic carbocycles. The SMILES string of the molecule is COc1ccc(NC(=O)[C@H](C)Sc2nnc(-c3cccc(C)c3)o2)cc1OC. The summed E-state index contributed by atoms with van der Waals surface area (Å²) in [6.07, 6.45) is 0. The first-order valence-electron chi connectivity index (χ1n) is 8.60. The molecule has 1 atom stereocenters. The molecule has 2 aromatic carbocycles. The van der Waals surface area contributed by atoms with Gasteiger partial charge in [0.05, 0.1) is 19.5 Å². The van der Waals surface area contributed by atoms with Gasteiger partial charge < -0.3 is 19.2 Å². The lowest BCUT2D eigenvalue weighted by atomic mass is 10.1. The minimum absolute atomic E-state index is 0.187. The second-order valence-corrected chi connectivity index (χ2v) is 7.35. The van der Waals surface area contributed by atoms with E-state index in [0.717, 1.165) is 11.1 Å². The number of thioether (sulfide) groups is 1. The zero-order chi connectivity index (χ0) is 20.1. The molecule has 0 fully saturated rings. The van der Waals surface area contributed by atoms with E-state index in [2.05, 4.69) is 15.5 Å². The quantitative estimate of drug-likeness (QED) is 0.596. The summed E-state index contributed by atoms with van der Waals surface area (Å²) in [5.41, 5.74) is 2.57. The van der Waals surface area contributed by atoms with Gasteiger partial charge in [-0.15, -0.1) is 10.2 Å². The zero-order valence-electron chi connectivity index (χ0n) is 16.1. The van der Waals surface area contributed by atoms with E-state index < -0.39 is 5.25 Å². The molecule has 3 rings (SSSR count). The number of aromatic nitrogens is 2. The number of ether oxygens (including phenoxy) is 2. The molecule has 0 saturated heterocycles. The lowest BCUT2D eigenvalue weighted by molar-refractivity contribution is -0.115. The van der Waals surface area contributed by atoms with E-state index in [-0.39, 0.29) is 5.91 Å². The highest BCUT2D eigenvalue weighted by molar-refractivity contribution is 8.00. The molecule has 1 aromatic heterocycles. The van der Waals surface area contributed by atoms with Gasteiger partial charge >= 0.3 is 0 Å². The highest BCUT2D eigenvalue weighted by Gasteiger charge is 2.19. The van der Waals surface area contributed by atoms with Crippen LogP contribution < -0.4 is 14.8 Å². The van der Waals surface area contributed by atoms with E-state index in [1.807, 2.05) is 31.2 Å². The molecule has 0 bridgehead atoms. The van der Waals surface area contributed by atoms with Crippen LogP contribution in [0.2, 0.25) is 0 Å². The lowest BCUT2D eigenvalue weighted by Gasteiger charge is -2.12. The minimum Gasteiger partial charge on any atom is -0.493 e. The fourth-order valence-electron chi connectivity index (χ4n) is 2.51. The summed E-state index contributed by atoms with van der Waals surface area (Å²) < 4.78 is 16.1. The molecule has 1 heterocycles. The van der Waals surface area contributed by atoms with Crippen molar-refractivity contribution in [1.29, 1.82) is 0 Å². The van der Waals surface area contributed by atoms with Crippen LogP contribution in [0.25, 0.3) is 11.5 Å². The predicted octanol–water partition coefficient (Wildman–Crippen LogP) is 4.18. The maximum absolute atomic E-state index is 12.5. The van der Waals surface area contributed by atoms with Crippen molar-refractivity contribution in [2.24, 2.45) is 0 Å². The summed E-state index contributed by atoms with van der Waals surface area (Å²) in [4.78, 5) is 12.5. The Hall–Kier alpha value is -3.00. The average Bonchev–Trinajstić information content (AvgIpc) is 3.16. The maximum atomic E-state index is 12.5. The molecule has 0 aliphatic heterocycles. The van der Waals surface area contributed by atoms with Gasteiger partial charge in [0.2, 0.25) is 11.8 Å². The number of rotatable bonds is 7. The number of carbonyl (C=O) groups is 1. The molecule has 0 saturated carbocycles. The number of amides is 1. The van der Waals surface area contributed by atoms with Crippen LogP contribution in [0.5, 0.6) is 11.5 Å². The van der Waals surface area contributed by atoms with E-state index in [9.17, 15) is 4.79 Å². The van der Waals surface area contributed by atoms with Gasteiger partial charge in [0.1, 0.15) is 0 Å². The summed E-state index contributed by atoms with van der Waals surface area (Å²) in [5, 5.41) is 10.9. The van der Waals surface area contributed by atoms with E-state index in [1.165, 1.54) is 11.8 Å². The Balaban J connectivity index is 1.65. The maximum Gasteiger partial charge on any atom is 0.277 e. The zero-order valence-corrected chi connectivity index (χ0v) is 16.9. The van der Waals surface area contributed by atoms with E-state index >= 15 is 0 Å². The Morgan fingerprint density at radius 2 is 1.89 bits per heavy atom. The van der Waals surface area contributed by atoms with Crippen LogP contribution >= 0.6 is 11.8 Å². The lowest BCUT2D eigenvalue weighted by Crippen LogP contribution is -2.22. The van der Waals surface area contributed by atoms with Gasteiger partial charge in [-0.05, 0) is 38.1 Å². The first-order chi connectivity index (χ1) is 13.5. The molecular weight excluding hydrogens is 378 g/mol. The molecule has 8 heteroatoms. The van der Waals surface area contributed by atoms with Gasteiger partial charge in [-0.1, -0.05) is 29.5 Å². The Morgan fingerprint density at radius 3 is 2.61 bits per heavy atom. The molecule has 0 spiro atoms. The predicted molar refractivity (Wildman–Crippen MR) is 108 cm³/mol. The third-order valence-electron chi connectivity index (χ3n) is 3.97. The molecule has 0 radical (unpaired) electrons. The fraction of sp³-hybridized carbons (Fsp3) is 0.250. The number of benzene rings is 2. The first kappa shape index (κ1) is 19.8. The van der Waals surface area contributed by atoms with Crippen molar-refractivity contribution >= 4 is 23.4 Å². The van der Waals surface area contributed by atoms with Crippen molar-refractivity contribution in [2.45, 2.75) is 24.3 Å². The van der Waals surface area contributed by atoms with Crippen molar-refractivity contribution in [3.63, 3.8) is 0 Å². The third-order valence-corrected chi connectivity index (χ3v) is 4.90. The second-order valence-electron chi connectivity index (χ2n) is 6.06. The summed E-state index contributed by atoms with van der Waals surface area (Å²) in [7, 11) is 3.10. The van der Waals surface area contributed by atoms with E-state index in [0.29, 0.717) is 28.3 Å². The Morgan fingerprint density at radius 1 is 1.11 bits per heavy atom. The Kier molecular flexibility index (Phi) is 6.20. The standard InChI is InChI=1S/C20H21N3O4S/c1-12-6-5-7-14(10-12)19-22-23-20(27-19)28-13(2)18(24)21-15-8-9-16(25-3)17(11-15)26-4/h5-11,13H,1-4H3,(H,21,24)/t13-/m0/s1. The van der Waals surface area contributed by atoms with Crippen LogP contribution in [0.3, 0.4) is 0 Å². The number of methoxy groups -OCH3 is 2. The Labute approximate surface area is 167 Å². The number of aryl methyl sites for hydroxylation is 1. The summed E-state index contributed by atoms with van der Waals surface area (Å²) >= 11 is 1.20. The van der Waals surface area contributed by atoms with Crippen molar-refractivity contribution in [2.75, 3.05) is 19.5 Å². The van der Waals surface area contributed by atoms with Crippen LogP contribution in [0, 0.1) is 6.92 Å². The third kappa shape index (κ3) is 4.64. The van der Waals surface area contributed by atoms with E-state index in [4.69, 9.17) is 13.9 Å². The molecule has 7 nitrogen and oxygen atoms in total. The van der Waals surface area contributed by atoms with Gasteiger partial charge in [-0.2, -0.15) is 0 Å². The largest absolute Gasteiger partial charge is 0.493 e. The van der Waals surface area contributed by atoms with Gasteiger partial charge in [0.15, 0.2) is 11.5 Å². The molecule has 0 unspecified atom stereocenters. The minimum atomic E-state index is -0.432. The Bertz CT molecular complexity index is 974. The number of carbonyl (C=O) groups excluding carboxylic acids is 1. The number of nitrogens with one attached hydrogen (secondary N) is 1. The molecular formula is C20H21N3O4S. The topological polar surface area (TPSA) is 86.5 Å². The molecule has 0 aliphatic rings. The van der Waals surface area contributed by atoms with Crippen molar-refractivity contribution in [3.8, 4) is 23.0 Å². The molecule has 1 N–H and O–H groups in total. The summed E-state index contributed by atoms with van der Waals surface area (Å²) in [5.74, 6) is 1.38. The second kappa shape index (κ2) is 8.79. The molecule has 1 amide bonds. The van der Waals surface area contributed by atoms with Crippen molar-refractivity contribution < 1.29 is 18.7 Å². The van der Waals surface area contributed by atoms with E-state index in [1.54, 1.807) is 39.3 Å². The first-order valence-corrected chi connectivity index (χ1v) is 9.48. The smallest absolute Gasteiger partial charge is 0.277 e. The van der Waals surface area contributed by atoms with Crippen LogP contribution in [0.4, 0.5) is 5.69 Å². The molecule has 28 heavy (non-hydrogen) atoms. The number of nitrogens with zero attached hydrogens (tertiary/aromatic N) is 2. The van der Waals surface area contributed by atoms with Gasteiger partial charge in [0, 0.05) is 17.3 Å². The van der Waals surface area contributed by atoms with Crippen molar-refractivity contribution in [3.05, 3.63) is 48.0 Å². The summed E-state index contributed by atoms with van der Waals surface area (Å²) in [6, 6.07) is 13.0. The highest BCUT2D eigenvalue weighted by Crippen LogP contribution is 2.31. The van der Waals surface area contributed by atoms with Gasteiger partial charge in [-0.3, -0.25) is 4.79 Å². The molecule has 146 valence electrons. The fourth-order valence-corrected chi connectivity index (χ4v) is 3.20. The van der Waals surface area contributed by atoms with Crippen LogP contribution in [-0.2, 0) is 4.79 Å². The summed E-state index contributed by atoms with van der Waals surface area (Å²) in [6.45, 7) is 3.77. The normalized spacial score (nSPS) is 11.7. The van der Waals surface area contributed by atoms with Crippen LogP contribution in [-0.4, -0.2) is 35.6 Å². The number of hydrogen-bond donors (Lipinski definition) is 1. The van der Waals surface area contributed by atoms with Gasteiger partial charge in [0.25, 0.3) is 5.22 Å². The average molecular weight is 399 g/mol. The van der Waals surface area contributed by atoms with Gasteiger partial charge in [-0.25, -0.2) is 0 Å². The highest BCUT2D eigenvalue weighted by atomic mass is 32.2. The van der Waals surface area contributed by atoms with Crippen LogP contribution in [0.1, 0.15) is 12.5 Å². The van der Waals surface area contributed by atoms with Crippen molar-refractivity contribution in [1.82, 2.24) is 10.2 Å².